The summed E-state index contributed by atoms with van der Waals surface area (Å²) in [4.78, 5) is 21.5. The van der Waals surface area contributed by atoms with Gasteiger partial charge in [-0.1, -0.05) is 47.6 Å². The van der Waals surface area contributed by atoms with E-state index in [0.29, 0.717) is 17.9 Å². The van der Waals surface area contributed by atoms with Gasteiger partial charge in [-0.05, 0) is 31.0 Å². The molecular weight excluding hydrogens is 462 g/mol. The van der Waals surface area contributed by atoms with E-state index in [0.717, 1.165) is 21.8 Å². The van der Waals surface area contributed by atoms with E-state index in [2.05, 4.69) is 20.2 Å². The third-order valence-corrected chi connectivity index (χ3v) is 6.08. The van der Waals surface area contributed by atoms with Crippen LogP contribution in [-0.4, -0.2) is 29.4 Å². The van der Waals surface area contributed by atoms with E-state index in [1.54, 1.807) is 19.1 Å². The number of thiol groups is 1. The number of amides is 1. The van der Waals surface area contributed by atoms with Gasteiger partial charge in [-0.15, -0.1) is 11.3 Å². The van der Waals surface area contributed by atoms with Gasteiger partial charge in [-0.2, -0.15) is 4.98 Å². The molecule has 4 aromatic rings. The second-order valence-corrected chi connectivity index (χ2v) is 8.84. The van der Waals surface area contributed by atoms with E-state index in [-0.39, 0.29) is 18.2 Å². The molecule has 0 aliphatic heterocycles. The first kappa shape index (κ1) is 22.6. The zero-order valence-electron chi connectivity index (χ0n) is 17.6. The number of nitrogens with zero attached hydrogens (tertiary/aromatic N) is 3. The maximum atomic E-state index is 12.7. The van der Waals surface area contributed by atoms with Gasteiger partial charge in [0.15, 0.2) is 5.82 Å². The predicted molar refractivity (Wildman–Crippen MR) is 125 cm³/mol. The Kier molecular flexibility index (Phi) is 7.10. The molecule has 4 rings (SSSR count). The van der Waals surface area contributed by atoms with Gasteiger partial charge in [0.05, 0.1) is 11.7 Å². The largest absolute Gasteiger partial charge is 0.347 e. The normalized spacial score (nSPS) is 11.9. The minimum Gasteiger partial charge on any atom is -0.347 e. The van der Waals surface area contributed by atoms with Gasteiger partial charge < -0.3 is 9.84 Å². The smallest absolute Gasteiger partial charge is 0.236 e. The fourth-order valence-electron chi connectivity index (χ4n) is 3.24. The van der Waals surface area contributed by atoms with Crippen LogP contribution in [0.25, 0.3) is 10.6 Å². The SMILES string of the molecule is Cc1noc(CC(=O)N[C@@H](Cc2ccc(N[SH](=O)=O)cc2)c2csc(-c3ccccc3)n2)n1. The van der Waals surface area contributed by atoms with Gasteiger partial charge in [0, 0.05) is 16.6 Å². The maximum absolute atomic E-state index is 12.7. The van der Waals surface area contributed by atoms with Crippen molar-refractivity contribution in [3.63, 3.8) is 0 Å². The number of aryl methyl sites for hydroxylation is 1. The van der Waals surface area contributed by atoms with E-state index in [9.17, 15) is 13.2 Å². The van der Waals surface area contributed by atoms with E-state index >= 15 is 0 Å². The highest BCUT2D eigenvalue weighted by molar-refractivity contribution is 7.73. The van der Waals surface area contributed by atoms with Crippen molar-refractivity contribution in [2.24, 2.45) is 0 Å². The summed E-state index contributed by atoms with van der Waals surface area (Å²) in [5, 5.41) is 9.52. The number of aromatic nitrogens is 3. The average molecular weight is 484 g/mol. The van der Waals surface area contributed by atoms with E-state index in [1.807, 2.05) is 47.8 Å². The number of thiazole rings is 1. The Morgan fingerprint density at radius 3 is 2.52 bits per heavy atom. The Bertz CT molecular complexity index is 1290. The number of rotatable bonds is 9. The number of anilines is 1. The summed E-state index contributed by atoms with van der Waals surface area (Å²) in [5.41, 5.74) is 3.12. The summed E-state index contributed by atoms with van der Waals surface area (Å²) in [6.07, 6.45) is 0.433. The monoisotopic (exact) mass is 483 g/mol. The molecule has 0 spiro atoms. The number of benzene rings is 2. The molecule has 0 unspecified atom stereocenters. The van der Waals surface area contributed by atoms with Crippen molar-refractivity contribution in [2.45, 2.75) is 25.8 Å². The molecule has 0 aliphatic rings. The third-order valence-electron chi connectivity index (χ3n) is 4.73. The topological polar surface area (TPSA) is 127 Å². The zero-order chi connectivity index (χ0) is 23.2. The molecule has 33 heavy (non-hydrogen) atoms. The fourth-order valence-corrected chi connectivity index (χ4v) is 4.48. The summed E-state index contributed by atoms with van der Waals surface area (Å²) in [7, 11) is -2.73. The van der Waals surface area contributed by atoms with Crippen LogP contribution < -0.4 is 10.0 Å². The van der Waals surface area contributed by atoms with Crippen LogP contribution in [0.5, 0.6) is 0 Å². The number of nitrogens with one attached hydrogen (secondary N) is 2. The second-order valence-electron chi connectivity index (χ2n) is 7.25. The summed E-state index contributed by atoms with van der Waals surface area (Å²) < 4.78 is 29.1. The number of carbonyl (C=O) groups is 1. The van der Waals surface area contributed by atoms with E-state index in [4.69, 9.17) is 9.51 Å². The van der Waals surface area contributed by atoms with Gasteiger partial charge in [0.2, 0.25) is 22.7 Å². The quantitative estimate of drug-likeness (QED) is 0.312. The second kappa shape index (κ2) is 10.4. The van der Waals surface area contributed by atoms with Crippen LogP contribution in [-0.2, 0) is 28.5 Å². The molecule has 0 saturated heterocycles. The summed E-state index contributed by atoms with van der Waals surface area (Å²) >= 11 is 1.50. The molecule has 2 N–H and O–H groups in total. The Hall–Kier alpha value is -3.57. The molecule has 2 aromatic heterocycles. The minimum atomic E-state index is -2.73. The summed E-state index contributed by atoms with van der Waals surface area (Å²) in [6.45, 7) is 1.69. The van der Waals surface area contributed by atoms with Crippen LogP contribution >= 0.6 is 11.3 Å². The molecular formula is C22H21N5O4S2. The van der Waals surface area contributed by atoms with Gasteiger partial charge in [-0.25, -0.2) is 13.4 Å². The van der Waals surface area contributed by atoms with Gasteiger partial charge in [0.1, 0.15) is 11.4 Å². The van der Waals surface area contributed by atoms with E-state index < -0.39 is 16.9 Å². The first-order valence-electron chi connectivity index (χ1n) is 10.1. The van der Waals surface area contributed by atoms with Crippen LogP contribution in [0.2, 0.25) is 0 Å². The predicted octanol–water partition coefficient (Wildman–Crippen LogP) is 3.08. The molecule has 0 bridgehead atoms. The van der Waals surface area contributed by atoms with Crippen LogP contribution in [0.1, 0.15) is 29.0 Å². The summed E-state index contributed by atoms with van der Waals surface area (Å²) in [6, 6.07) is 16.4. The molecule has 0 radical (unpaired) electrons. The van der Waals surface area contributed by atoms with Gasteiger partial charge in [-0.3, -0.25) is 9.52 Å². The molecule has 0 saturated carbocycles. The summed E-state index contributed by atoms with van der Waals surface area (Å²) in [5.74, 6) is 0.448. The van der Waals surface area contributed by atoms with E-state index in [1.165, 1.54) is 11.3 Å². The minimum absolute atomic E-state index is 0.0353. The van der Waals surface area contributed by atoms with Crippen LogP contribution in [0.4, 0.5) is 5.69 Å². The lowest BCUT2D eigenvalue weighted by molar-refractivity contribution is -0.121. The molecule has 2 aromatic carbocycles. The van der Waals surface area contributed by atoms with Gasteiger partial charge >= 0.3 is 0 Å². The molecule has 1 amide bonds. The van der Waals surface area contributed by atoms with Crippen molar-refractivity contribution >= 4 is 33.8 Å². The maximum Gasteiger partial charge on any atom is 0.236 e. The highest BCUT2D eigenvalue weighted by Gasteiger charge is 2.20. The molecule has 0 aliphatic carbocycles. The Balaban J connectivity index is 1.55. The third kappa shape index (κ3) is 6.24. The lowest BCUT2D eigenvalue weighted by Crippen LogP contribution is -2.31. The number of hydrogen-bond donors (Lipinski definition) is 3. The highest BCUT2D eigenvalue weighted by Crippen LogP contribution is 2.28. The zero-order valence-corrected chi connectivity index (χ0v) is 19.3. The lowest BCUT2D eigenvalue weighted by atomic mass is 10.0. The average Bonchev–Trinajstić information content (AvgIpc) is 3.44. The van der Waals surface area contributed by atoms with Crippen molar-refractivity contribution in [1.82, 2.24) is 20.4 Å². The van der Waals surface area contributed by atoms with Crippen molar-refractivity contribution in [1.29, 1.82) is 0 Å². The first-order chi connectivity index (χ1) is 16.0. The van der Waals surface area contributed by atoms with Crippen molar-refractivity contribution in [2.75, 3.05) is 4.72 Å². The lowest BCUT2D eigenvalue weighted by Gasteiger charge is -2.17. The van der Waals surface area contributed by atoms with Crippen molar-refractivity contribution in [3.05, 3.63) is 82.9 Å². The molecule has 11 heteroatoms. The fraction of sp³-hybridized carbons (Fsp3) is 0.182. The Morgan fingerprint density at radius 1 is 1.09 bits per heavy atom. The van der Waals surface area contributed by atoms with Crippen LogP contribution in [0.3, 0.4) is 0 Å². The molecule has 0 fully saturated rings. The Labute approximate surface area is 196 Å². The first-order valence-corrected chi connectivity index (χ1v) is 12.1. The molecule has 170 valence electrons. The number of hydrogen-bond acceptors (Lipinski definition) is 8. The highest BCUT2D eigenvalue weighted by atomic mass is 32.2. The molecule has 2 heterocycles. The standard InChI is InChI=1S/C22H21N5O4S2/c1-14-23-21(31-26-14)12-20(28)24-18(11-15-7-9-17(10-8-15)27-33(29)30)19-13-32-22(25-19)16-5-3-2-4-6-16/h2-10,13,18,33H,11-12H2,1H3,(H,24,28)(H,27,29,30)/t18-/m0/s1. The number of carbonyl (C=O) groups excluding carboxylic acids is 1. The van der Waals surface area contributed by atoms with Crippen LogP contribution in [0, 0.1) is 6.92 Å². The molecule has 9 nitrogen and oxygen atoms in total. The van der Waals surface area contributed by atoms with Gasteiger partial charge in [0.25, 0.3) is 0 Å². The van der Waals surface area contributed by atoms with Crippen molar-refractivity contribution in [3.8, 4) is 10.6 Å². The Morgan fingerprint density at radius 2 is 1.85 bits per heavy atom. The molecule has 1 atom stereocenters. The van der Waals surface area contributed by atoms with Crippen LogP contribution in [0.15, 0.2) is 64.5 Å². The van der Waals surface area contributed by atoms with Crippen molar-refractivity contribution < 1.29 is 17.7 Å².